The predicted octanol–water partition coefficient (Wildman–Crippen LogP) is 3.49. The first-order valence-electron chi connectivity index (χ1n) is 11.6. The molecule has 0 saturated carbocycles. The Kier molecular flexibility index (Phi) is 9.31. The van der Waals surface area contributed by atoms with Crippen molar-refractivity contribution >= 4 is 27.5 Å². The normalized spacial score (nSPS) is 12.5. The van der Waals surface area contributed by atoms with Gasteiger partial charge in [0, 0.05) is 12.1 Å². The second kappa shape index (κ2) is 11.6. The van der Waals surface area contributed by atoms with Gasteiger partial charge in [-0.2, -0.15) is 0 Å². The summed E-state index contributed by atoms with van der Waals surface area (Å²) in [5.41, 5.74) is 1.64. The Morgan fingerprint density at radius 3 is 2.31 bits per heavy atom. The van der Waals surface area contributed by atoms with E-state index in [9.17, 15) is 18.0 Å². The summed E-state index contributed by atoms with van der Waals surface area (Å²) in [6, 6.07) is 13.5. The van der Waals surface area contributed by atoms with Crippen molar-refractivity contribution in [2.45, 2.75) is 59.7 Å². The molecule has 0 saturated heterocycles. The number of nitrogens with one attached hydrogen (secondary N) is 1. The maximum Gasteiger partial charge on any atom is 0.244 e. The molecular weight excluding hydrogens is 466 g/mol. The van der Waals surface area contributed by atoms with Gasteiger partial charge in [-0.15, -0.1) is 0 Å². The number of para-hydroxylation sites is 2. The summed E-state index contributed by atoms with van der Waals surface area (Å²) in [6.45, 7) is 11.0. The van der Waals surface area contributed by atoms with Gasteiger partial charge in [0.1, 0.15) is 18.3 Å². The van der Waals surface area contributed by atoms with Crippen molar-refractivity contribution < 1.29 is 22.7 Å². The zero-order chi connectivity index (χ0) is 26.4. The number of amides is 2. The fourth-order valence-corrected chi connectivity index (χ4v) is 4.45. The summed E-state index contributed by atoms with van der Waals surface area (Å²) < 4.78 is 32.2. The minimum absolute atomic E-state index is 0.157. The second-order valence-corrected chi connectivity index (χ2v) is 11.5. The van der Waals surface area contributed by atoms with Crippen LogP contribution < -0.4 is 14.4 Å². The number of benzene rings is 2. The van der Waals surface area contributed by atoms with E-state index in [-0.39, 0.29) is 18.1 Å². The lowest BCUT2D eigenvalue weighted by Crippen LogP contribution is -2.54. The van der Waals surface area contributed by atoms with Crippen LogP contribution in [0.2, 0.25) is 0 Å². The average Bonchev–Trinajstić information content (AvgIpc) is 2.74. The number of carbonyl (C=O) groups is 2. The van der Waals surface area contributed by atoms with Crippen molar-refractivity contribution in [3.8, 4) is 5.75 Å². The highest BCUT2D eigenvalue weighted by Crippen LogP contribution is 2.30. The van der Waals surface area contributed by atoms with Crippen molar-refractivity contribution in [1.82, 2.24) is 10.2 Å². The summed E-state index contributed by atoms with van der Waals surface area (Å²) in [5.74, 6) is -0.462. The smallest absolute Gasteiger partial charge is 0.244 e. The van der Waals surface area contributed by atoms with Gasteiger partial charge in [-0.3, -0.25) is 13.9 Å². The van der Waals surface area contributed by atoms with E-state index >= 15 is 0 Å². The Labute approximate surface area is 209 Å². The molecule has 0 aliphatic carbocycles. The molecular formula is C26H37N3O5S. The number of hydrogen-bond acceptors (Lipinski definition) is 5. The van der Waals surface area contributed by atoms with Gasteiger partial charge in [-0.1, -0.05) is 42.0 Å². The third-order valence-electron chi connectivity index (χ3n) is 5.21. The molecule has 0 heterocycles. The molecule has 35 heavy (non-hydrogen) atoms. The highest BCUT2D eigenvalue weighted by Gasteiger charge is 2.32. The van der Waals surface area contributed by atoms with Crippen LogP contribution in [0, 0.1) is 6.92 Å². The van der Waals surface area contributed by atoms with Crippen LogP contribution in [0.1, 0.15) is 45.7 Å². The Balaban J connectivity index is 2.45. The van der Waals surface area contributed by atoms with Gasteiger partial charge in [0.15, 0.2) is 0 Å². The molecule has 0 fully saturated rings. The largest absolute Gasteiger partial charge is 0.492 e. The highest BCUT2D eigenvalue weighted by atomic mass is 32.2. The van der Waals surface area contributed by atoms with E-state index < -0.39 is 34.1 Å². The van der Waals surface area contributed by atoms with E-state index in [0.717, 1.165) is 21.7 Å². The molecule has 0 bridgehead atoms. The Hall–Kier alpha value is -3.07. The first-order valence-corrected chi connectivity index (χ1v) is 13.4. The topological polar surface area (TPSA) is 96.0 Å². The van der Waals surface area contributed by atoms with E-state index in [4.69, 9.17) is 4.74 Å². The van der Waals surface area contributed by atoms with Gasteiger partial charge >= 0.3 is 0 Å². The molecule has 2 amide bonds. The van der Waals surface area contributed by atoms with E-state index in [1.165, 1.54) is 4.90 Å². The van der Waals surface area contributed by atoms with E-state index in [0.29, 0.717) is 12.4 Å². The number of aryl methyl sites for hydroxylation is 1. The quantitative estimate of drug-likeness (QED) is 0.535. The third-order valence-corrected chi connectivity index (χ3v) is 6.34. The van der Waals surface area contributed by atoms with E-state index in [2.05, 4.69) is 5.32 Å². The van der Waals surface area contributed by atoms with Gasteiger partial charge in [-0.05, 0) is 59.2 Å². The second-order valence-electron chi connectivity index (χ2n) is 9.60. The lowest BCUT2D eigenvalue weighted by atomic mass is 10.1. The summed E-state index contributed by atoms with van der Waals surface area (Å²) in [5, 5.41) is 2.91. The third kappa shape index (κ3) is 8.28. The standard InChI is InChI=1S/C26H37N3O5S/c1-8-34-23-15-10-9-14-22(23)29(35(7,32)33)18-24(30)28(17-21-13-11-12-19(2)16-21)20(3)25(31)27-26(4,5)6/h9-16,20H,8,17-18H2,1-7H3,(H,27,31)/t20-/m0/s1. The van der Waals surface area contributed by atoms with Crippen LogP contribution in [-0.4, -0.2) is 56.1 Å². The molecule has 1 N–H and O–H groups in total. The summed E-state index contributed by atoms with van der Waals surface area (Å²) in [4.78, 5) is 28.1. The van der Waals surface area contributed by atoms with Gasteiger partial charge in [-0.25, -0.2) is 8.42 Å². The van der Waals surface area contributed by atoms with Crippen LogP contribution in [0.3, 0.4) is 0 Å². The summed E-state index contributed by atoms with van der Waals surface area (Å²) in [7, 11) is -3.84. The molecule has 9 heteroatoms. The Bertz CT molecular complexity index is 1140. The fraction of sp³-hybridized carbons (Fsp3) is 0.462. The van der Waals surface area contributed by atoms with E-state index in [1.807, 2.05) is 52.0 Å². The number of nitrogens with zero attached hydrogens (tertiary/aromatic N) is 2. The lowest BCUT2D eigenvalue weighted by molar-refractivity contribution is -0.140. The number of anilines is 1. The van der Waals surface area contributed by atoms with E-state index in [1.54, 1.807) is 38.1 Å². The van der Waals surface area contributed by atoms with Crippen LogP contribution >= 0.6 is 0 Å². The molecule has 1 atom stereocenters. The SMILES string of the molecule is CCOc1ccccc1N(CC(=O)N(Cc1cccc(C)c1)[C@@H](C)C(=O)NC(C)(C)C)S(C)(=O)=O. The van der Waals surface area contributed by atoms with Crippen LogP contribution in [0.15, 0.2) is 48.5 Å². The number of carbonyl (C=O) groups excluding carboxylic acids is 2. The molecule has 0 aliphatic rings. The zero-order valence-electron chi connectivity index (χ0n) is 21.7. The Morgan fingerprint density at radius 2 is 1.74 bits per heavy atom. The molecule has 0 spiro atoms. The predicted molar refractivity (Wildman–Crippen MR) is 139 cm³/mol. The lowest BCUT2D eigenvalue weighted by Gasteiger charge is -2.33. The maximum absolute atomic E-state index is 13.6. The van der Waals surface area contributed by atoms with Gasteiger partial charge in [0.2, 0.25) is 21.8 Å². The average molecular weight is 504 g/mol. The Morgan fingerprint density at radius 1 is 1.09 bits per heavy atom. The van der Waals surface area contributed by atoms with Crippen molar-refractivity contribution in [1.29, 1.82) is 0 Å². The fourth-order valence-electron chi connectivity index (χ4n) is 3.60. The minimum atomic E-state index is -3.84. The first kappa shape index (κ1) is 28.2. The molecule has 0 radical (unpaired) electrons. The number of sulfonamides is 1. The molecule has 0 aliphatic heterocycles. The van der Waals surface area contributed by atoms with Crippen molar-refractivity contribution in [2.24, 2.45) is 0 Å². The molecule has 2 rings (SSSR count). The summed E-state index contributed by atoms with van der Waals surface area (Å²) in [6.07, 6.45) is 1.05. The molecule has 192 valence electrons. The van der Waals surface area contributed by atoms with Crippen molar-refractivity contribution in [3.05, 3.63) is 59.7 Å². The van der Waals surface area contributed by atoms with Crippen LogP contribution in [0.4, 0.5) is 5.69 Å². The number of rotatable bonds is 10. The molecule has 8 nitrogen and oxygen atoms in total. The van der Waals surface area contributed by atoms with Crippen molar-refractivity contribution in [2.75, 3.05) is 23.7 Å². The van der Waals surface area contributed by atoms with Gasteiger partial charge in [0.25, 0.3) is 0 Å². The number of ether oxygens (including phenoxy) is 1. The molecule has 2 aromatic rings. The zero-order valence-corrected chi connectivity index (χ0v) is 22.5. The number of hydrogen-bond donors (Lipinski definition) is 1. The van der Waals surface area contributed by atoms with Crippen LogP contribution in [0.25, 0.3) is 0 Å². The van der Waals surface area contributed by atoms with Gasteiger partial charge in [0.05, 0.1) is 18.6 Å². The van der Waals surface area contributed by atoms with Crippen LogP contribution in [-0.2, 0) is 26.2 Å². The molecule has 0 unspecified atom stereocenters. The molecule has 0 aromatic heterocycles. The van der Waals surface area contributed by atoms with Crippen molar-refractivity contribution in [3.63, 3.8) is 0 Å². The summed E-state index contributed by atoms with van der Waals surface area (Å²) >= 11 is 0. The molecule has 2 aromatic carbocycles. The van der Waals surface area contributed by atoms with Gasteiger partial charge < -0.3 is 15.0 Å². The minimum Gasteiger partial charge on any atom is -0.492 e. The maximum atomic E-state index is 13.6. The highest BCUT2D eigenvalue weighted by molar-refractivity contribution is 7.92. The first-order chi connectivity index (χ1) is 16.2. The monoisotopic (exact) mass is 503 g/mol. The van der Waals surface area contributed by atoms with Crippen LogP contribution in [0.5, 0.6) is 5.75 Å².